The minimum Gasteiger partial charge on any atom is -0.223 e. The van der Waals surface area contributed by atoms with Crippen molar-refractivity contribution in [3.8, 4) is 0 Å². The molecule has 2 rings (SSSR count). The van der Waals surface area contributed by atoms with Gasteiger partial charge in [0.25, 0.3) is 0 Å². The lowest BCUT2D eigenvalue weighted by molar-refractivity contribution is -0.289. The second-order valence-electron chi connectivity index (χ2n) is 4.84. The molecule has 0 unspecified atom stereocenters. The molecule has 0 aliphatic heterocycles. The van der Waals surface area contributed by atoms with E-state index in [1.165, 1.54) is 24.3 Å². The molecule has 0 radical (unpaired) electrons. The molecule has 0 saturated heterocycles. The molecule has 2 nitrogen and oxygen atoms in total. The Morgan fingerprint density at radius 1 is 0.783 bits per heavy atom. The monoisotopic (exact) mass is 350 g/mol. The predicted octanol–water partition coefficient (Wildman–Crippen LogP) is 4.31. The van der Waals surface area contributed by atoms with E-state index in [0.29, 0.717) is 12.1 Å². The maximum absolute atomic E-state index is 13.2. The molecule has 0 aliphatic rings. The zero-order valence-corrected chi connectivity index (χ0v) is 12.3. The fraction of sp³-hybridized carbons (Fsp3) is 0.200. The van der Waals surface area contributed by atoms with Gasteiger partial charge in [0.15, 0.2) is 9.84 Å². The van der Waals surface area contributed by atoms with Crippen molar-refractivity contribution >= 4 is 9.84 Å². The highest BCUT2D eigenvalue weighted by Gasteiger charge is 2.58. The van der Waals surface area contributed by atoms with Gasteiger partial charge in [0, 0.05) is 5.56 Å². The topological polar surface area (TPSA) is 34.1 Å². The third kappa shape index (κ3) is 3.69. The van der Waals surface area contributed by atoms with Crippen molar-refractivity contribution in [2.45, 2.75) is 22.7 Å². The van der Waals surface area contributed by atoms with Crippen LogP contribution in [0.2, 0.25) is 0 Å². The van der Waals surface area contributed by atoms with E-state index >= 15 is 0 Å². The van der Waals surface area contributed by atoms with Gasteiger partial charge in [-0.3, -0.25) is 0 Å². The Kier molecular flexibility index (Phi) is 4.48. The van der Waals surface area contributed by atoms with E-state index in [1.54, 1.807) is 6.07 Å². The van der Waals surface area contributed by atoms with Gasteiger partial charge >= 0.3 is 12.1 Å². The molecule has 0 spiro atoms. The number of benzene rings is 2. The zero-order valence-electron chi connectivity index (χ0n) is 11.5. The van der Waals surface area contributed by atoms with E-state index in [2.05, 4.69) is 0 Å². The summed E-state index contributed by atoms with van der Waals surface area (Å²) in [6.07, 6.45) is -5.70. The Morgan fingerprint density at radius 2 is 1.30 bits per heavy atom. The average Bonchev–Trinajstić information content (AvgIpc) is 2.47. The van der Waals surface area contributed by atoms with E-state index in [1.807, 2.05) is 0 Å². The SMILES string of the molecule is O=S(=O)(Cc1ccc(C(F)(F)C(F)(F)F)cc1)c1ccccc1. The molecule has 0 atom stereocenters. The summed E-state index contributed by atoms with van der Waals surface area (Å²) >= 11 is 0. The van der Waals surface area contributed by atoms with Gasteiger partial charge in [-0.15, -0.1) is 0 Å². The molecule has 124 valence electrons. The van der Waals surface area contributed by atoms with Gasteiger partial charge in [-0.05, 0) is 17.7 Å². The van der Waals surface area contributed by atoms with Crippen LogP contribution in [0.4, 0.5) is 22.0 Å². The molecule has 0 N–H and O–H groups in total. The van der Waals surface area contributed by atoms with Crippen LogP contribution in [0, 0.1) is 0 Å². The molecular weight excluding hydrogens is 339 g/mol. The van der Waals surface area contributed by atoms with Crippen molar-refractivity contribution in [3.63, 3.8) is 0 Å². The lowest BCUT2D eigenvalue weighted by Crippen LogP contribution is -2.33. The summed E-state index contributed by atoms with van der Waals surface area (Å²) in [5.41, 5.74) is -1.11. The van der Waals surface area contributed by atoms with Gasteiger partial charge in [-0.25, -0.2) is 8.42 Å². The third-order valence-electron chi connectivity index (χ3n) is 3.13. The second-order valence-corrected chi connectivity index (χ2v) is 6.83. The van der Waals surface area contributed by atoms with Crippen molar-refractivity contribution in [3.05, 3.63) is 65.7 Å². The molecule has 2 aromatic rings. The molecule has 2 aromatic carbocycles. The predicted molar refractivity (Wildman–Crippen MR) is 73.7 cm³/mol. The van der Waals surface area contributed by atoms with Crippen molar-refractivity contribution < 1.29 is 30.4 Å². The fourth-order valence-corrected chi connectivity index (χ4v) is 3.27. The van der Waals surface area contributed by atoms with Crippen LogP contribution in [-0.2, 0) is 21.5 Å². The summed E-state index contributed by atoms with van der Waals surface area (Å²) in [6.45, 7) is 0. The highest BCUT2D eigenvalue weighted by molar-refractivity contribution is 7.90. The minimum atomic E-state index is -5.70. The van der Waals surface area contributed by atoms with Crippen molar-refractivity contribution in [1.29, 1.82) is 0 Å². The molecule has 0 amide bonds. The van der Waals surface area contributed by atoms with Gasteiger partial charge in [-0.2, -0.15) is 22.0 Å². The van der Waals surface area contributed by atoms with Crippen LogP contribution in [0.3, 0.4) is 0 Å². The van der Waals surface area contributed by atoms with E-state index in [4.69, 9.17) is 0 Å². The fourth-order valence-electron chi connectivity index (χ4n) is 1.90. The minimum absolute atomic E-state index is 0.0460. The van der Waals surface area contributed by atoms with Gasteiger partial charge in [0.2, 0.25) is 0 Å². The molecule has 0 saturated carbocycles. The Hall–Kier alpha value is -1.96. The Morgan fingerprint density at radius 3 is 1.78 bits per heavy atom. The number of hydrogen-bond donors (Lipinski definition) is 0. The van der Waals surface area contributed by atoms with Gasteiger partial charge < -0.3 is 0 Å². The maximum atomic E-state index is 13.2. The summed E-state index contributed by atoms with van der Waals surface area (Å²) in [7, 11) is -3.70. The number of sulfone groups is 1. The highest BCUT2D eigenvalue weighted by Crippen LogP contribution is 2.43. The normalized spacial score (nSPS) is 13.1. The second kappa shape index (κ2) is 5.92. The molecule has 8 heteroatoms. The summed E-state index contributed by atoms with van der Waals surface area (Å²) in [4.78, 5) is 0.0460. The summed E-state index contributed by atoms with van der Waals surface area (Å²) in [6, 6.07) is 10.5. The summed E-state index contributed by atoms with van der Waals surface area (Å²) in [5, 5.41) is 0. The average molecular weight is 350 g/mol. The summed E-state index contributed by atoms with van der Waals surface area (Å²) < 4.78 is 87.3. The van der Waals surface area contributed by atoms with Crippen molar-refractivity contribution in [2.75, 3.05) is 0 Å². The Bertz CT molecular complexity index is 766. The van der Waals surface area contributed by atoms with Crippen LogP contribution >= 0.6 is 0 Å². The zero-order chi connectivity index (χ0) is 17.3. The molecule has 23 heavy (non-hydrogen) atoms. The first kappa shape index (κ1) is 17.4. The van der Waals surface area contributed by atoms with Crippen LogP contribution in [-0.4, -0.2) is 14.6 Å². The van der Waals surface area contributed by atoms with Gasteiger partial charge in [0.1, 0.15) is 0 Å². The first-order valence-electron chi connectivity index (χ1n) is 6.36. The molecular formula is C15H11F5O2S. The molecule has 0 bridgehead atoms. The number of alkyl halides is 5. The van der Waals surface area contributed by atoms with Gasteiger partial charge in [-0.1, -0.05) is 42.5 Å². The van der Waals surface area contributed by atoms with E-state index in [-0.39, 0.29) is 10.5 Å². The molecule has 0 fully saturated rings. The first-order chi connectivity index (χ1) is 10.5. The Balaban J connectivity index is 2.25. The largest absolute Gasteiger partial charge is 0.458 e. The van der Waals surface area contributed by atoms with Crippen molar-refractivity contribution in [1.82, 2.24) is 0 Å². The van der Waals surface area contributed by atoms with Crippen LogP contribution < -0.4 is 0 Å². The van der Waals surface area contributed by atoms with Crippen molar-refractivity contribution in [2.24, 2.45) is 0 Å². The standard InChI is InChI=1S/C15H11F5O2S/c16-14(17,15(18,19)20)12-8-6-11(7-9-12)10-23(21,22)13-4-2-1-3-5-13/h1-9H,10H2. The lowest BCUT2D eigenvalue weighted by Gasteiger charge is -2.20. The number of hydrogen-bond acceptors (Lipinski definition) is 2. The van der Waals surface area contributed by atoms with Crippen LogP contribution in [0.1, 0.15) is 11.1 Å². The summed E-state index contributed by atoms with van der Waals surface area (Å²) in [5.74, 6) is -5.47. The highest BCUT2D eigenvalue weighted by atomic mass is 32.2. The molecule has 0 aromatic heterocycles. The lowest BCUT2D eigenvalue weighted by atomic mass is 10.1. The number of rotatable bonds is 4. The smallest absolute Gasteiger partial charge is 0.223 e. The number of halogens is 5. The van der Waals surface area contributed by atoms with Crippen LogP contribution in [0.15, 0.2) is 59.5 Å². The van der Waals surface area contributed by atoms with E-state index in [9.17, 15) is 30.4 Å². The van der Waals surface area contributed by atoms with Crippen LogP contribution in [0.25, 0.3) is 0 Å². The Labute approximate surface area is 129 Å². The van der Waals surface area contributed by atoms with E-state index in [0.717, 1.165) is 12.1 Å². The quantitative estimate of drug-likeness (QED) is 0.770. The maximum Gasteiger partial charge on any atom is 0.458 e. The van der Waals surface area contributed by atoms with E-state index < -0.39 is 33.3 Å². The van der Waals surface area contributed by atoms with Gasteiger partial charge in [0.05, 0.1) is 10.6 Å². The third-order valence-corrected chi connectivity index (χ3v) is 4.84. The first-order valence-corrected chi connectivity index (χ1v) is 8.01. The van der Waals surface area contributed by atoms with Crippen LogP contribution in [0.5, 0.6) is 0 Å². The molecule has 0 heterocycles. The molecule has 0 aliphatic carbocycles.